The second-order valence-electron chi connectivity index (χ2n) is 1.95. The van der Waals surface area contributed by atoms with Gasteiger partial charge in [-0.05, 0) is 12.1 Å². The molecule has 0 radical (unpaired) electrons. The Labute approximate surface area is 72.4 Å². The summed E-state index contributed by atoms with van der Waals surface area (Å²) in [7, 11) is 0. The van der Waals surface area contributed by atoms with Crippen LogP contribution in [0.15, 0.2) is 29.0 Å². The Morgan fingerprint density at radius 3 is 3.00 bits per heavy atom. The molecule has 0 saturated carbocycles. The first kappa shape index (κ1) is 6.88. The fourth-order valence-corrected chi connectivity index (χ4v) is 1.65. The summed E-state index contributed by atoms with van der Waals surface area (Å²) in [6.45, 7) is 0. The molecule has 4 heteroatoms. The van der Waals surface area contributed by atoms with Gasteiger partial charge in [0.2, 0.25) is 0 Å². The molecule has 2 aromatic heterocycles. The number of thiazole rings is 1. The van der Waals surface area contributed by atoms with Crippen molar-refractivity contribution in [3.63, 3.8) is 0 Å². The lowest BCUT2D eigenvalue weighted by Gasteiger charge is -1.83. The monoisotopic (exact) mass is 185 g/mol. The lowest BCUT2D eigenvalue weighted by molar-refractivity contribution is 0.582. The molecule has 2 heterocycles. The molecule has 0 aromatic carbocycles. The number of aromatic nitrogens is 1. The van der Waals surface area contributed by atoms with Crippen LogP contribution in [0.2, 0.25) is 4.34 Å². The number of furan rings is 1. The van der Waals surface area contributed by atoms with Crippen molar-refractivity contribution in [3.05, 3.63) is 28.9 Å². The van der Waals surface area contributed by atoms with Crippen LogP contribution in [-0.2, 0) is 0 Å². The molecule has 0 N–H and O–H groups in total. The third-order valence-corrected chi connectivity index (χ3v) is 2.34. The second kappa shape index (κ2) is 2.68. The Morgan fingerprint density at radius 1 is 1.55 bits per heavy atom. The van der Waals surface area contributed by atoms with Gasteiger partial charge in [-0.25, -0.2) is 4.98 Å². The van der Waals surface area contributed by atoms with E-state index in [1.54, 1.807) is 12.5 Å². The fraction of sp³-hybridized carbons (Fsp3) is 0. The van der Waals surface area contributed by atoms with Crippen molar-refractivity contribution in [2.45, 2.75) is 0 Å². The molecule has 0 fully saturated rings. The van der Waals surface area contributed by atoms with E-state index in [-0.39, 0.29) is 0 Å². The molecular weight excluding hydrogens is 182 g/mol. The molecule has 0 amide bonds. The molecule has 2 aromatic rings. The fourth-order valence-electron chi connectivity index (χ4n) is 0.769. The SMILES string of the molecule is Clc1cnc(-c2ccco2)s1. The Kier molecular flexibility index (Phi) is 1.68. The molecule has 0 unspecified atom stereocenters. The Morgan fingerprint density at radius 2 is 2.45 bits per heavy atom. The first-order valence-electron chi connectivity index (χ1n) is 3.01. The van der Waals surface area contributed by atoms with Crippen LogP contribution in [0, 0.1) is 0 Å². The number of halogens is 1. The quantitative estimate of drug-likeness (QED) is 0.683. The number of rotatable bonds is 1. The van der Waals surface area contributed by atoms with Crippen molar-refractivity contribution < 1.29 is 4.42 Å². The standard InChI is InChI=1S/C7H4ClNOS/c8-6-4-9-7(11-6)5-2-1-3-10-5/h1-4H. The first-order chi connectivity index (χ1) is 5.36. The van der Waals surface area contributed by atoms with Gasteiger partial charge in [-0.15, -0.1) is 0 Å². The summed E-state index contributed by atoms with van der Waals surface area (Å²) in [5.41, 5.74) is 0. The maximum Gasteiger partial charge on any atom is 0.162 e. The van der Waals surface area contributed by atoms with Gasteiger partial charge in [-0.1, -0.05) is 22.9 Å². The highest BCUT2D eigenvalue weighted by molar-refractivity contribution is 7.18. The third-order valence-electron chi connectivity index (χ3n) is 1.21. The summed E-state index contributed by atoms with van der Waals surface area (Å²) < 4.78 is 5.80. The van der Waals surface area contributed by atoms with Crippen LogP contribution in [0.25, 0.3) is 10.8 Å². The molecule has 2 nitrogen and oxygen atoms in total. The summed E-state index contributed by atoms with van der Waals surface area (Å²) >= 11 is 7.10. The van der Waals surface area contributed by atoms with E-state index in [4.69, 9.17) is 16.0 Å². The van der Waals surface area contributed by atoms with Gasteiger partial charge in [0, 0.05) is 0 Å². The van der Waals surface area contributed by atoms with Crippen LogP contribution < -0.4 is 0 Å². The van der Waals surface area contributed by atoms with Crippen molar-refractivity contribution in [1.29, 1.82) is 0 Å². The summed E-state index contributed by atoms with van der Waals surface area (Å²) in [6, 6.07) is 3.68. The highest BCUT2D eigenvalue weighted by Crippen LogP contribution is 2.27. The maximum atomic E-state index is 5.69. The van der Waals surface area contributed by atoms with E-state index in [0.29, 0.717) is 4.34 Å². The van der Waals surface area contributed by atoms with Crippen LogP contribution >= 0.6 is 22.9 Å². The number of nitrogens with zero attached hydrogens (tertiary/aromatic N) is 1. The minimum Gasteiger partial charge on any atom is -0.462 e. The van der Waals surface area contributed by atoms with Crippen LogP contribution in [-0.4, -0.2) is 4.98 Å². The van der Waals surface area contributed by atoms with E-state index < -0.39 is 0 Å². The molecule has 0 saturated heterocycles. The lowest BCUT2D eigenvalue weighted by atomic mass is 10.5. The predicted octanol–water partition coefficient (Wildman–Crippen LogP) is 3.06. The van der Waals surface area contributed by atoms with Crippen molar-refractivity contribution in [2.75, 3.05) is 0 Å². The van der Waals surface area contributed by atoms with Gasteiger partial charge in [-0.2, -0.15) is 0 Å². The normalized spacial score (nSPS) is 10.3. The minimum absolute atomic E-state index is 0.677. The van der Waals surface area contributed by atoms with E-state index in [1.165, 1.54) is 11.3 Å². The molecule has 0 bridgehead atoms. The predicted molar refractivity (Wildman–Crippen MR) is 44.8 cm³/mol. The average Bonchev–Trinajstić information content (AvgIpc) is 2.55. The first-order valence-corrected chi connectivity index (χ1v) is 4.21. The molecule has 11 heavy (non-hydrogen) atoms. The van der Waals surface area contributed by atoms with Gasteiger partial charge in [-0.3, -0.25) is 0 Å². The van der Waals surface area contributed by atoms with E-state index in [1.807, 2.05) is 12.1 Å². The largest absolute Gasteiger partial charge is 0.462 e. The molecule has 56 valence electrons. The van der Waals surface area contributed by atoms with E-state index in [9.17, 15) is 0 Å². The van der Waals surface area contributed by atoms with E-state index in [0.717, 1.165) is 10.8 Å². The minimum atomic E-state index is 0.677. The third kappa shape index (κ3) is 1.29. The summed E-state index contributed by atoms with van der Waals surface area (Å²) in [5.74, 6) is 0.766. The second-order valence-corrected chi connectivity index (χ2v) is 3.61. The summed E-state index contributed by atoms with van der Waals surface area (Å²) in [5, 5.41) is 0.819. The van der Waals surface area contributed by atoms with Crippen LogP contribution in [0.1, 0.15) is 0 Å². The highest BCUT2D eigenvalue weighted by Gasteiger charge is 2.04. The van der Waals surface area contributed by atoms with Gasteiger partial charge in [0.1, 0.15) is 4.34 Å². The molecule has 0 atom stereocenters. The van der Waals surface area contributed by atoms with Crippen LogP contribution in [0.4, 0.5) is 0 Å². The van der Waals surface area contributed by atoms with Gasteiger partial charge in [0.15, 0.2) is 10.8 Å². The van der Waals surface area contributed by atoms with Crippen molar-refractivity contribution in [2.24, 2.45) is 0 Å². The molecule has 2 rings (SSSR count). The highest BCUT2D eigenvalue weighted by atomic mass is 35.5. The van der Waals surface area contributed by atoms with Crippen molar-refractivity contribution >= 4 is 22.9 Å². The lowest BCUT2D eigenvalue weighted by Crippen LogP contribution is -1.65. The zero-order valence-electron chi connectivity index (χ0n) is 5.45. The van der Waals surface area contributed by atoms with E-state index in [2.05, 4.69) is 4.98 Å². The zero-order valence-corrected chi connectivity index (χ0v) is 7.02. The topological polar surface area (TPSA) is 26.0 Å². The summed E-state index contributed by atoms with van der Waals surface area (Å²) in [6.07, 6.45) is 3.23. The molecular formula is C7H4ClNOS. The van der Waals surface area contributed by atoms with Gasteiger partial charge in [0.25, 0.3) is 0 Å². The Balaban J connectivity index is 2.45. The van der Waals surface area contributed by atoms with Crippen LogP contribution in [0.3, 0.4) is 0 Å². The van der Waals surface area contributed by atoms with Crippen LogP contribution in [0.5, 0.6) is 0 Å². The molecule has 0 aliphatic rings. The van der Waals surface area contributed by atoms with Gasteiger partial charge >= 0.3 is 0 Å². The van der Waals surface area contributed by atoms with Crippen molar-refractivity contribution in [3.8, 4) is 10.8 Å². The van der Waals surface area contributed by atoms with Crippen molar-refractivity contribution in [1.82, 2.24) is 4.98 Å². The average molecular weight is 186 g/mol. The van der Waals surface area contributed by atoms with Gasteiger partial charge in [0.05, 0.1) is 12.5 Å². The summed E-state index contributed by atoms with van der Waals surface area (Å²) in [4.78, 5) is 4.05. The Bertz CT molecular complexity index is 341. The Hall–Kier alpha value is -0.800. The molecule has 0 aliphatic heterocycles. The number of hydrogen-bond donors (Lipinski definition) is 0. The maximum absolute atomic E-state index is 5.69. The zero-order chi connectivity index (χ0) is 7.68. The van der Waals surface area contributed by atoms with Gasteiger partial charge < -0.3 is 4.42 Å². The molecule has 0 aliphatic carbocycles. The van der Waals surface area contributed by atoms with E-state index >= 15 is 0 Å². The molecule has 0 spiro atoms. The number of hydrogen-bond acceptors (Lipinski definition) is 3. The smallest absolute Gasteiger partial charge is 0.162 e.